The Morgan fingerprint density at radius 1 is 0.362 bits per heavy atom. The summed E-state index contributed by atoms with van der Waals surface area (Å²) in [5.74, 6) is 1.97. The molecule has 0 aliphatic heterocycles. The number of nitrogens with zero attached hydrogens (tertiary/aromatic N) is 4. The van der Waals surface area contributed by atoms with Crippen LogP contribution in [0.4, 0.5) is 0 Å². The van der Waals surface area contributed by atoms with Crippen molar-refractivity contribution in [1.29, 1.82) is 0 Å². The first-order chi connectivity index (χ1) is 23.3. The van der Waals surface area contributed by atoms with Crippen LogP contribution in [-0.4, -0.2) is 19.4 Å². The zero-order chi connectivity index (χ0) is 31.2. The maximum absolute atomic E-state index is 4.89. The van der Waals surface area contributed by atoms with Crippen molar-refractivity contribution >= 4 is 27.2 Å². The Balaban J connectivity index is 1.08. The Bertz CT molecular complexity index is 2480. The van der Waals surface area contributed by atoms with E-state index < -0.39 is 0 Å². The molecule has 0 saturated heterocycles. The number of benzene rings is 6. The van der Waals surface area contributed by atoms with E-state index in [-0.39, 0.29) is 0 Å². The van der Waals surface area contributed by atoms with Crippen LogP contribution in [0.3, 0.4) is 0 Å². The molecule has 0 radical (unpaired) electrons. The van der Waals surface area contributed by atoms with Crippen molar-refractivity contribution in [3.63, 3.8) is 0 Å². The lowest BCUT2D eigenvalue weighted by Crippen LogP contribution is -2.00. The van der Waals surface area contributed by atoms with Crippen LogP contribution in [0.1, 0.15) is 0 Å². The monoisotopic (exact) mass is 600 g/mol. The first-order valence-corrected chi connectivity index (χ1v) is 15.8. The maximum Gasteiger partial charge on any atom is 0.164 e. The minimum atomic E-state index is 0.652. The van der Waals surface area contributed by atoms with Crippen LogP contribution >= 0.6 is 0 Å². The van der Waals surface area contributed by atoms with Crippen molar-refractivity contribution in [3.8, 4) is 56.4 Å². The van der Waals surface area contributed by atoms with Gasteiger partial charge in [0.25, 0.3) is 0 Å². The maximum atomic E-state index is 4.89. The third-order valence-corrected chi connectivity index (χ3v) is 8.86. The molecule has 220 valence electrons. The average molecular weight is 601 g/mol. The van der Waals surface area contributed by atoms with Crippen molar-refractivity contribution in [2.45, 2.75) is 0 Å². The molecule has 0 N–H and O–H groups in total. The molecule has 0 saturated carbocycles. The SMILES string of the molecule is c1ccc(-c2nc(-c3ccccc3)nc(-c3ccc(-c4ccc(-c5cc6ccccc6c6cc7ccccn7c56)cc4)cc3)n2)cc1. The van der Waals surface area contributed by atoms with Gasteiger partial charge in [0, 0.05) is 39.4 Å². The molecule has 4 nitrogen and oxygen atoms in total. The highest BCUT2D eigenvalue weighted by Gasteiger charge is 2.15. The molecular weight excluding hydrogens is 573 g/mol. The molecule has 0 spiro atoms. The molecule has 9 rings (SSSR count). The van der Waals surface area contributed by atoms with Crippen molar-refractivity contribution in [2.24, 2.45) is 0 Å². The van der Waals surface area contributed by atoms with Gasteiger partial charge in [-0.05, 0) is 51.7 Å². The van der Waals surface area contributed by atoms with E-state index in [1.807, 2.05) is 60.7 Å². The lowest BCUT2D eigenvalue weighted by atomic mass is 9.95. The predicted octanol–water partition coefficient (Wildman–Crippen LogP) is 10.8. The Labute approximate surface area is 272 Å². The van der Waals surface area contributed by atoms with Gasteiger partial charge in [-0.1, -0.05) is 140 Å². The van der Waals surface area contributed by atoms with Gasteiger partial charge in [-0.25, -0.2) is 15.0 Å². The number of rotatable bonds is 5. The zero-order valence-corrected chi connectivity index (χ0v) is 25.5. The van der Waals surface area contributed by atoms with Crippen LogP contribution in [0.15, 0.2) is 170 Å². The topological polar surface area (TPSA) is 43.1 Å². The molecule has 47 heavy (non-hydrogen) atoms. The normalized spacial score (nSPS) is 11.4. The van der Waals surface area contributed by atoms with E-state index in [4.69, 9.17) is 15.0 Å². The van der Waals surface area contributed by atoms with Gasteiger partial charge in [-0.15, -0.1) is 0 Å². The minimum Gasteiger partial charge on any atom is -0.316 e. The third-order valence-electron chi connectivity index (χ3n) is 8.86. The number of pyridine rings is 1. The van der Waals surface area contributed by atoms with Gasteiger partial charge in [0.2, 0.25) is 0 Å². The molecule has 0 bridgehead atoms. The molecule has 9 aromatic rings. The fourth-order valence-electron chi connectivity index (χ4n) is 6.51. The molecule has 6 aromatic carbocycles. The zero-order valence-electron chi connectivity index (χ0n) is 25.5. The summed E-state index contributed by atoms with van der Waals surface area (Å²) in [4.78, 5) is 14.6. The van der Waals surface area contributed by atoms with Gasteiger partial charge in [-0.3, -0.25) is 0 Å². The predicted molar refractivity (Wildman–Crippen MR) is 193 cm³/mol. The third kappa shape index (κ3) is 4.84. The molecule has 0 fully saturated rings. The Kier molecular flexibility index (Phi) is 6.43. The minimum absolute atomic E-state index is 0.652. The summed E-state index contributed by atoms with van der Waals surface area (Å²) in [6.07, 6.45) is 2.16. The number of aromatic nitrogens is 4. The van der Waals surface area contributed by atoms with Crippen molar-refractivity contribution in [3.05, 3.63) is 170 Å². The molecule has 3 heterocycles. The highest BCUT2D eigenvalue weighted by Crippen LogP contribution is 2.38. The highest BCUT2D eigenvalue weighted by molar-refractivity contribution is 6.14. The summed E-state index contributed by atoms with van der Waals surface area (Å²) in [5, 5.41) is 3.79. The highest BCUT2D eigenvalue weighted by atomic mass is 15.0. The second-order valence-corrected chi connectivity index (χ2v) is 11.7. The first kappa shape index (κ1) is 27.0. The van der Waals surface area contributed by atoms with Gasteiger partial charge in [0.15, 0.2) is 17.5 Å². The van der Waals surface area contributed by atoms with Crippen LogP contribution in [0.5, 0.6) is 0 Å². The van der Waals surface area contributed by atoms with E-state index in [0.29, 0.717) is 17.5 Å². The summed E-state index contributed by atoms with van der Waals surface area (Å²) in [5.41, 5.74) is 10.0. The van der Waals surface area contributed by atoms with E-state index in [0.717, 1.165) is 27.8 Å². The quantitative estimate of drug-likeness (QED) is 0.197. The van der Waals surface area contributed by atoms with Crippen molar-refractivity contribution in [1.82, 2.24) is 19.4 Å². The van der Waals surface area contributed by atoms with E-state index in [1.165, 1.54) is 38.3 Å². The molecular formula is C43H28N4. The fraction of sp³-hybridized carbons (Fsp3) is 0. The summed E-state index contributed by atoms with van der Waals surface area (Å²) >= 11 is 0. The molecule has 0 aliphatic rings. The van der Waals surface area contributed by atoms with E-state index in [1.54, 1.807) is 0 Å². The average Bonchev–Trinajstić information content (AvgIpc) is 3.55. The Morgan fingerprint density at radius 3 is 1.47 bits per heavy atom. The molecule has 0 unspecified atom stereocenters. The molecule has 3 aromatic heterocycles. The van der Waals surface area contributed by atoms with Crippen molar-refractivity contribution in [2.75, 3.05) is 0 Å². The smallest absolute Gasteiger partial charge is 0.164 e. The van der Waals surface area contributed by atoms with E-state index in [9.17, 15) is 0 Å². The van der Waals surface area contributed by atoms with Gasteiger partial charge >= 0.3 is 0 Å². The van der Waals surface area contributed by atoms with Crippen LogP contribution in [0.2, 0.25) is 0 Å². The number of hydrogen-bond acceptors (Lipinski definition) is 3. The summed E-state index contributed by atoms with van der Waals surface area (Å²) in [6.45, 7) is 0. The van der Waals surface area contributed by atoms with Crippen molar-refractivity contribution < 1.29 is 0 Å². The van der Waals surface area contributed by atoms with Crippen LogP contribution < -0.4 is 0 Å². The number of fused-ring (bicyclic) bond motifs is 5. The van der Waals surface area contributed by atoms with E-state index in [2.05, 4.69) is 114 Å². The lowest BCUT2D eigenvalue weighted by Gasteiger charge is -2.11. The molecule has 4 heteroatoms. The largest absolute Gasteiger partial charge is 0.316 e. The van der Waals surface area contributed by atoms with Gasteiger partial charge in [0.1, 0.15) is 0 Å². The van der Waals surface area contributed by atoms with Gasteiger partial charge in [0.05, 0.1) is 5.52 Å². The lowest BCUT2D eigenvalue weighted by molar-refractivity contribution is 1.07. The Morgan fingerprint density at radius 2 is 0.851 bits per heavy atom. The molecule has 0 aliphatic carbocycles. The molecule has 0 atom stereocenters. The van der Waals surface area contributed by atoms with Crippen LogP contribution in [0.25, 0.3) is 83.6 Å². The fourth-order valence-corrected chi connectivity index (χ4v) is 6.51. The summed E-state index contributed by atoms with van der Waals surface area (Å²) in [6, 6.07) is 57.2. The summed E-state index contributed by atoms with van der Waals surface area (Å²) < 4.78 is 2.30. The van der Waals surface area contributed by atoms with Crippen LogP contribution in [-0.2, 0) is 0 Å². The Hall–Kier alpha value is -6.39. The van der Waals surface area contributed by atoms with E-state index >= 15 is 0 Å². The van der Waals surface area contributed by atoms with Crippen LogP contribution in [0, 0.1) is 0 Å². The number of hydrogen-bond donors (Lipinski definition) is 0. The standard InChI is InChI=1S/C43H28N4/c1-3-11-32(12-4-1)41-44-42(33-13-5-2-6-14-33)46-43(45-41)34-24-20-30(21-25-34)29-18-22-31(23-19-29)38-27-35-15-7-8-17-37(35)39-28-36-16-9-10-26-47(36)40(38)39/h1-28H. The second kappa shape index (κ2) is 11.2. The van der Waals surface area contributed by atoms with Gasteiger partial charge in [-0.2, -0.15) is 0 Å². The molecule has 0 amide bonds. The second-order valence-electron chi connectivity index (χ2n) is 11.7. The first-order valence-electron chi connectivity index (χ1n) is 15.8. The van der Waals surface area contributed by atoms with Gasteiger partial charge < -0.3 is 4.40 Å². The summed E-state index contributed by atoms with van der Waals surface area (Å²) in [7, 11) is 0.